The fourth-order valence-corrected chi connectivity index (χ4v) is 2.53. The molecule has 0 radical (unpaired) electrons. The van der Waals surface area contributed by atoms with Crippen LogP contribution < -0.4 is 0 Å². The summed E-state index contributed by atoms with van der Waals surface area (Å²) in [6.07, 6.45) is 4.00. The van der Waals surface area contributed by atoms with Crippen LogP contribution >= 0.6 is 31.9 Å². The van der Waals surface area contributed by atoms with Crippen LogP contribution in [0.3, 0.4) is 0 Å². The van der Waals surface area contributed by atoms with Gasteiger partial charge in [0.25, 0.3) is 0 Å². The summed E-state index contributed by atoms with van der Waals surface area (Å²) in [6.45, 7) is 1.12. The smallest absolute Gasteiger partial charge is 0.0465 e. The maximum Gasteiger partial charge on any atom is 0.0465 e. The average Bonchev–Trinajstić information content (AvgIpc) is 2.57. The van der Waals surface area contributed by atoms with Crippen LogP contribution in [-0.2, 0) is 17.6 Å². The third kappa shape index (κ3) is 9.92. The first kappa shape index (κ1) is 20.4. The van der Waals surface area contributed by atoms with E-state index in [2.05, 4.69) is 68.3 Å². The minimum absolute atomic E-state index is 0.274. The molecule has 0 fully saturated rings. The first-order valence-corrected chi connectivity index (χ1v) is 9.33. The lowest BCUT2D eigenvalue weighted by Gasteiger charge is -2.00. The van der Waals surface area contributed by atoms with Gasteiger partial charge in [0, 0.05) is 29.3 Å². The quantitative estimate of drug-likeness (QED) is 0.580. The summed E-state index contributed by atoms with van der Waals surface area (Å²) in [5.41, 5.74) is 2.65. The van der Waals surface area contributed by atoms with Crippen LogP contribution in [0.15, 0.2) is 57.5 Å². The van der Waals surface area contributed by atoms with Gasteiger partial charge in [0.15, 0.2) is 0 Å². The second kappa shape index (κ2) is 12.7. The minimum Gasteiger partial charge on any atom is -0.396 e. The lowest BCUT2D eigenvalue weighted by atomic mass is 10.1. The lowest BCUT2D eigenvalue weighted by Crippen LogP contribution is -1.91. The second-order valence-corrected chi connectivity index (χ2v) is 7.01. The molecule has 0 saturated heterocycles. The number of rotatable bonds is 7. The Kier molecular flexibility index (Phi) is 11.3. The Labute approximate surface area is 156 Å². The summed E-state index contributed by atoms with van der Waals surface area (Å²) in [6, 6.07) is 16.6. The molecule has 2 aromatic rings. The van der Waals surface area contributed by atoms with Crippen molar-refractivity contribution >= 4 is 31.9 Å². The van der Waals surface area contributed by atoms with Crippen LogP contribution in [0.25, 0.3) is 0 Å². The summed E-state index contributed by atoms with van der Waals surface area (Å²) < 4.78 is 7.22. The normalized spacial score (nSPS) is 10.1. The van der Waals surface area contributed by atoms with Gasteiger partial charge in [0.05, 0.1) is 0 Å². The van der Waals surface area contributed by atoms with E-state index in [1.165, 1.54) is 11.1 Å². The molecular weight excluding hydrogens is 420 g/mol. The van der Waals surface area contributed by atoms with Crippen LogP contribution in [-0.4, -0.2) is 25.4 Å². The molecule has 23 heavy (non-hydrogen) atoms. The van der Waals surface area contributed by atoms with E-state index >= 15 is 0 Å². The van der Waals surface area contributed by atoms with Crippen molar-refractivity contribution in [1.29, 1.82) is 0 Å². The van der Waals surface area contributed by atoms with E-state index < -0.39 is 0 Å². The molecular formula is C19H24Br2O2. The average molecular weight is 444 g/mol. The third-order valence-electron chi connectivity index (χ3n) is 3.26. The maximum absolute atomic E-state index is 8.57. The van der Waals surface area contributed by atoms with Crippen LogP contribution in [0, 0.1) is 0 Å². The Morgan fingerprint density at radius 3 is 1.61 bits per heavy atom. The predicted octanol–water partition coefficient (Wildman–Crippen LogP) is 5.40. The van der Waals surface area contributed by atoms with Crippen molar-refractivity contribution in [2.75, 3.05) is 20.3 Å². The highest BCUT2D eigenvalue weighted by atomic mass is 79.9. The van der Waals surface area contributed by atoms with Crippen molar-refractivity contribution in [2.45, 2.75) is 25.7 Å². The topological polar surface area (TPSA) is 29.5 Å². The molecule has 0 atom stereocenters. The molecule has 0 saturated carbocycles. The summed E-state index contributed by atoms with van der Waals surface area (Å²) in [5, 5.41) is 8.57. The molecule has 0 heterocycles. The van der Waals surface area contributed by atoms with E-state index in [1.807, 2.05) is 12.1 Å². The zero-order chi connectivity index (χ0) is 16.9. The molecule has 0 aliphatic carbocycles. The number of aryl methyl sites for hydroxylation is 2. The van der Waals surface area contributed by atoms with Crippen LogP contribution in [0.2, 0.25) is 0 Å². The number of methoxy groups -OCH3 is 1. The SMILES string of the molecule is COCCCc1ccc(Br)cc1.OCCCc1ccc(Br)cc1. The number of ether oxygens (including phenoxy) is 1. The van der Waals surface area contributed by atoms with Crippen molar-refractivity contribution in [2.24, 2.45) is 0 Å². The van der Waals surface area contributed by atoms with Crippen LogP contribution in [0.4, 0.5) is 0 Å². The van der Waals surface area contributed by atoms with Crippen molar-refractivity contribution in [3.8, 4) is 0 Å². The lowest BCUT2D eigenvalue weighted by molar-refractivity contribution is 0.195. The number of benzene rings is 2. The third-order valence-corrected chi connectivity index (χ3v) is 4.32. The minimum atomic E-state index is 0.274. The van der Waals surface area contributed by atoms with Gasteiger partial charge in [-0.15, -0.1) is 0 Å². The molecule has 0 unspecified atom stereocenters. The van der Waals surface area contributed by atoms with Gasteiger partial charge in [0.1, 0.15) is 0 Å². The molecule has 0 spiro atoms. The predicted molar refractivity (Wildman–Crippen MR) is 104 cm³/mol. The molecule has 4 heteroatoms. The Balaban J connectivity index is 0.000000231. The zero-order valence-corrected chi connectivity index (χ0v) is 16.6. The molecule has 2 rings (SSSR count). The number of aliphatic hydroxyl groups excluding tert-OH is 1. The number of aliphatic hydroxyl groups is 1. The number of hydrogen-bond donors (Lipinski definition) is 1. The van der Waals surface area contributed by atoms with E-state index in [0.717, 1.165) is 41.2 Å². The highest BCUT2D eigenvalue weighted by Crippen LogP contribution is 2.12. The summed E-state index contributed by atoms with van der Waals surface area (Å²) in [4.78, 5) is 0. The fraction of sp³-hybridized carbons (Fsp3) is 0.368. The zero-order valence-electron chi connectivity index (χ0n) is 13.5. The molecule has 0 aliphatic heterocycles. The van der Waals surface area contributed by atoms with E-state index in [0.29, 0.717) is 0 Å². The standard InChI is InChI=1S/C10H13BrO.C9H11BrO/c1-12-8-2-3-9-4-6-10(11)7-5-9;10-9-5-3-8(4-6-9)2-1-7-11/h4-7H,2-3,8H2,1H3;3-6,11H,1-2,7H2. The van der Waals surface area contributed by atoms with Gasteiger partial charge in [0.2, 0.25) is 0 Å². The van der Waals surface area contributed by atoms with Gasteiger partial charge in [-0.1, -0.05) is 56.1 Å². The van der Waals surface area contributed by atoms with Gasteiger partial charge < -0.3 is 9.84 Å². The molecule has 0 aromatic heterocycles. The molecule has 2 aromatic carbocycles. The molecule has 126 valence electrons. The first-order chi connectivity index (χ1) is 11.2. The first-order valence-electron chi connectivity index (χ1n) is 7.74. The van der Waals surface area contributed by atoms with Crippen LogP contribution in [0.1, 0.15) is 24.0 Å². The Morgan fingerprint density at radius 1 is 0.783 bits per heavy atom. The van der Waals surface area contributed by atoms with Crippen molar-refractivity contribution < 1.29 is 9.84 Å². The highest BCUT2D eigenvalue weighted by molar-refractivity contribution is 9.10. The maximum atomic E-state index is 8.57. The van der Waals surface area contributed by atoms with Crippen molar-refractivity contribution in [1.82, 2.24) is 0 Å². The molecule has 0 bridgehead atoms. The highest BCUT2D eigenvalue weighted by Gasteiger charge is 1.92. The van der Waals surface area contributed by atoms with Gasteiger partial charge >= 0.3 is 0 Å². The van der Waals surface area contributed by atoms with E-state index in [4.69, 9.17) is 9.84 Å². The molecule has 2 nitrogen and oxygen atoms in total. The van der Waals surface area contributed by atoms with Gasteiger partial charge in [-0.25, -0.2) is 0 Å². The molecule has 0 amide bonds. The van der Waals surface area contributed by atoms with Gasteiger partial charge in [-0.05, 0) is 61.1 Å². The molecule has 1 N–H and O–H groups in total. The van der Waals surface area contributed by atoms with Crippen molar-refractivity contribution in [3.05, 3.63) is 68.6 Å². The van der Waals surface area contributed by atoms with E-state index in [1.54, 1.807) is 7.11 Å². The summed E-state index contributed by atoms with van der Waals surface area (Å²) in [7, 11) is 1.74. The largest absolute Gasteiger partial charge is 0.396 e. The second-order valence-electron chi connectivity index (χ2n) is 5.18. The van der Waals surface area contributed by atoms with Gasteiger partial charge in [-0.3, -0.25) is 0 Å². The number of halogens is 2. The summed E-state index contributed by atoms with van der Waals surface area (Å²) >= 11 is 6.77. The Morgan fingerprint density at radius 2 is 1.22 bits per heavy atom. The van der Waals surface area contributed by atoms with E-state index in [-0.39, 0.29) is 6.61 Å². The molecule has 0 aliphatic rings. The Bertz CT molecular complexity index is 524. The van der Waals surface area contributed by atoms with E-state index in [9.17, 15) is 0 Å². The number of hydrogen-bond acceptors (Lipinski definition) is 2. The van der Waals surface area contributed by atoms with Crippen molar-refractivity contribution in [3.63, 3.8) is 0 Å². The van der Waals surface area contributed by atoms with Gasteiger partial charge in [-0.2, -0.15) is 0 Å². The monoisotopic (exact) mass is 442 g/mol. The Hall–Kier alpha value is -0.680. The summed E-state index contributed by atoms with van der Waals surface area (Å²) in [5.74, 6) is 0. The van der Waals surface area contributed by atoms with Crippen LogP contribution in [0.5, 0.6) is 0 Å². The fourth-order valence-electron chi connectivity index (χ4n) is 2.01.